The largest absolute Gasteiger partial charge is 0.480 e. The summed E-state index contributed by atoms with van der Waals surface area (Å²) < 4.78 is 0. The van der Waals surface area contributed by atoms with E-state index in [1.165, 1.54) is 0 Å². The van der Waals surface area contributed by atoms with Crippen LogP contribution in [0.1, 0.15) is 26.7 Å². The molecule has 0 saturated carbocycles. The number of carboxylic acids is 1. The molecule has 2 N–H and O–H groups in total. The van der Waals surface area contributed by atoms with E-state index in [1.807, 2.05) is 18.9 Å². The van der Waals surface area contributed by atoms with E-state index in [1.54, 1.807) is 0 Å². The highest BCUT2D eigenvalue weighted by molar-refractivity contribution is 5.82. The second-order valence-electron chi connectivity index (χ2n) is 3.72. The molecule has 15 heavy (non-hydrogen) atoms. The van der Waals surface area contributed by atoms with Crippen molar-refractivity contribution in [3.05, 3.63) is 0 Å². The summed E-state index contributed by atoms with van der Waals surface area (Å²) in [7, 11) is 1.86. The maximum atomic E-state index is 11.3. The highest BCUT2D eigenvalue weighted by Gasteiger charge is 2.12. The van der Waals surface area contributed by atoms with Crippen molar-refractivity contribution in [1.82, 2.24) is 10.2 Å². The minimum atomic E-state index is -1.02. The molecule has 0 bridgehead atoms. The Bertz CT molecular complexity index is 219. The van der Waals surface area contributed by atoms with Gasteiger partial charge in [-0.15, -0.1) is 0 Å². The average molecular weight is 216 g/mol. The van der Waals surface area contributed by atoms with Gasteiger partial charge in [0.15, 0.2) is 0 Å². The quantitative estimate of drug-likeness (QED) is 0.642. The number of carboxylic acid groups (broad SMARTS) is 1. The van der Waals surface area contributed by atoms with Crippen LogP contribution in [0, 0.1) is 0 Å². The van der Waals surface area contributed by atoms with Crippen LogP contribution >= 0.6 is 0 Å². The third kappa shape index (κ3) is 6.90. The van der Waals surface area contributed by atoms with Crippen LogP contribution in [-0.2, 0) is 9.59 Å². The zero-order valence-electron chi connectivity index (χ0n) is 9.62. The summed E-state index contributed by atoms with van der Waals surface area (Å²) in [5.41, 5.74) is 0. The highest BCUT2D eigenvalue weighted by Crippen LogP contribution is 2.02. The minimum absolute atomic E-state index is 0.244. The lowest BCUT2D eigenvalue weighted by Gasteiger charge is -2.23. The van der Waals surface area contributed by atoms with Crippen molar-refractivity contribution in [2.45, 2.75) is 32.7 Å². The summed E-state index contributed by atoms with van der Waals surface area (Å²) in [5, 5.41) is 10.7. The van der Waals surface area contributed by atoms with Crippen molar-refractivity contribution in [2.24, 2.45) is 0 Å². The SMILES string of the molecule is CCCC(C)N(C)CC(=O)NCC(=O)O. The number of carbonyl (C=O) groups excluding carboxylic acids is 1. The fourth-order valence-corrected chi connectivity index (χ4v) is 1.25. The number of nitrogens with zero attached hydrogens (tertiary/aromatic N) is 1. The number of hydrogen-bond donors (Lipinski definition) is 2. The van der Waals surface area contributed by atoms with Gasteiger partial charge in [-0.25, -0.2) is 0 Å². The molecule has 0 fully saturated rings. The minimum Gasteiger partial charge on any atom is -0.480 e. The summed E-state index contributed by atoms with van der Waals surface area (Å²) in [6, 6.07) is 0.338. The summed E-state index contributed by atoms with van der Waals surface area (Å²) in [4.78, 5) is 23.4. The van der Waals surface area contributed by atoms with Crippen molar-refractivity contribution in [2.75, 3.05) is 20.1 Å². The van der Waals surface area contributed by atoms with E-state index in [-0.39, 0.29) is 19.0 Å². The average Bonchev–Trinajstić information content (AvgIpc) is 2.15. The fraction of sp³-hybridized carbons (Fsp3) is 0.800. The molecule has 0 aliphatic heterocycles. The van der Waals surface area contributed by atoms with Crippen molar-refractivity contribution in [1.29, 1.82) is 0 Å². The van der Waals surface area contributed by atoms with E-state index in [2.05, 4.69) is 12.2 Å². The van der Waals surface area contributed by atoms with Gasteiger partial charge in [0, 0.05) is 6.04 Å². The molecule has 0 saturated heterocycles. The molecule has 1 atom stereocenters. The van der Waals surface area contributed by atoms with Crippen LogP contribution in [0.2, 0.25) is 0 Å². The topological polar surface area (TPSA) is 69.6 Å². The van der Waals surface area contributed by atoms with Crippen LogP contribution in [0.25, 0.3) is 0 Å². The Hall–Kier alpha value is -1.10. The number of rotatable bonds is 7. The third-order valence-corrected chi connectivity index (χ3v) is 2.29. The molecule has 88 valence electrons. The Morgan fingerprint density at radius 1 is 1.47 bits per heavy atom. The van der Waals surface area contributed by atoms with Gasteiger partial charge in [-0.1, -0.05) is 13.3 Å². The zero-order valence-corrected chi connectivity index (χ0v) is 9.62. The standard InChI is InChI=1S/C10H20N2O3/c1-4-5-8(2)12(3)7-9(13)11-6-10(14)15/h8H,4-7H2,1-3H3,(H,11,13)(H,14,15). The highest BCUT2D eigenvalue weighted by atomic mass is 16.4. The number of aliphatic carboxylic acids is 1. The zero-order chi connectivity index (χ0) is 11.8. The molecule has 0 heterocycles. The molecule has 1 unspecified atom stereocenters. The van der Waals surface area contributed by atoms with Crippen LogP contribution in [0.4, 0.5) is 0 Å². The molecule has 0 rings (SSSR count). The molecule has 0 aliphatic rings. The molecule has 5 nitrogen and oxygen atoms in total. The first-order valence-corrected chi connectivity index (χ1v) is 5.16. The van der Waals surface area contributed by atoms with Gasteiger partial charge in [-0.05, 0) is 20.4 Å². The van der Waals surface area contributed by atoms with Gasteiger partial charge in [0.25, 0.3) is 0 Å². The predicted molar refractivity (Wildman–Crippen MR) is 57.6 cm³/mol. The first-order valence-electron chi connectivity index (χ1n) is 5.16. The third-order valence-electron chi connectivity index (χ3n) is 2.29. The number of carbonyl (C=O) groups is 2. The molecule has 5 heteroatoms. The van der Waals surface area contributed by atoms with E-state index < -0.39 is 5.97 Å². The van der Waals surface area contributed by atoms with Crippen LogP contribution in [0.5, 0.6) is 0 Å². The van der Waals surface area contributed by atoms with Crippen molar-refractivity contribution >= 4 is 11.9 Å². The first-order chi connectivity index (χ1) is 6.97. The Kier molecular flexibility index (Phi) is 6.70. The number of amides is 1. The van der Waals surface area contributed by atoms with E-state index >= 15 is 0 Å². The Morgan fingerprint density at radius 3 is 2.53 bits per heavy atom. The molecule has 0 spiro atoms. The number of likely N-dealkylation sites (N-methyl/N-ethyl adjacent to an activating group) is 1. The summed E-state index contributed by atoms with van der Waals surface area (Å²) in [6.07, 6.45) is 2.10. The lowest BCUT2D eigenvalue weighted by molar-refractivity contribution is -0.138. The molecular formula is C10H20N2O3. The second-order valence-corrected chi connectivity index (χ2v) is 3.72. The van der Waals surface area contributed by atoms with Gasteiger partial charge in [0.2, 0.25) is 5.91 Å². The second kappa shape index (κ2) is 7.23. The van der Waals surface area contributed by atoms with Crippen molar-refractivity contribution < 1.29 is 14.7 Å². The lowest BCUT2D eigenvalue weighted by atomic mass is 10.2. The van der Waals surface area contributed by atoms with Gasteiger partial charge >= 0.3 is 5.97 Å². The fourth-order valence-electron chi connectivity index (χ4n) is 1.25. The smallest absolute Gasteiger partial charge is 0.322 e. The van der Waals surface area contributed by atoms with E-state index in [0.717, 1.165) is 12.8 Å². The van der Waals surface area contributed by atoms with Gasteiger partial charge in [0.1, 0.15) is 6.54 Å². The van der Waals surface area contributed by atoms with Gasteiger partial charge in [0.05, 0.1) is 6.54 Å². The molecule has 1 amide bonds. The Morgan fingerprint density at radius 2 is 2.07 bits per heavy atom. The van der Waals surface area contributed by atoms with Crippen LogP contribution in [-0.4, -0.2) is 48.1 Å². The Labute approximate surface area is 90.5 Å². The maximum absolute atomic E-state index is 11.3. The van der Waals surface area contributed by atoms with Gasteiger partial charge < -0.3 is 10.4 Å². The molecule has 0 aromatic rings. The summed E-state index contributed by atoms with van der Waals surface area (Å²) >= 11 is 0. The molecular weight excluding hydrogens is 196 g/mol. The van der Waals surface area contributed by atoms with Crippen LogP contribution in [0.15, 0.2) is 0 Å². The molecule has 0 aromatic heterocycles. The van der Waals surface area contributed by atoms with E-state index in [4.69, 9.17) is 5.11 Å². The predicted octanol–water partition coefficient (Wildman–Crippen LogP) is 0.308. The van der Waals surface area contributed by atoms with E-state index in [9.17, 15) is 9.59 Å². The van der Waals surface area contributed by atoms with Gasteiger partial charge in [-0.3, -0.25) is 14.5 Å². The van der Waals surface area contributed by atoms with Crippen molar-refractivity contribution in [3.63, 3.8) is 0 Å². The maximum Gasteiger partial charge on any atom is 0.322 e. The first kappa shape index (κ1) is 13.9. The summed E-state index contributed by atoms with van der Waals surface area (Å²) in [5.74, 6) is -1.27. The molecule has 0 aromatic carbocycles. The Balaban J connectivity index is 3.79. The van der Waals surface area contributed by atoms with Crippen LogP contribution < -0.4 is 5.32 Å². The monoisotopic (exact) mass is 216 g/mol. The number of hydrogen-bond acceptors (Lipinski definition) is 3. The molecule has 0 aliphatic carbocycles. The normalized spacial score (nSPS) is 12.5. The lowest BCUT2D eigenvalue weighted by Crippen LogP contribution is -2.40. The van der Waals surface area contributed by atoms with Gasteiger partial charge in [-0.2, -0.15) is 0 Å². The molecule has 0 radical (unpaired) electrons. The summed E-state index contributed by atoms with van der Waals surface area (Å²) in [6.45, 7) is 4.08. The van der Waals surface area contributed by atoms with E-state index in [0.29, 0.717) is 6.04 Å². The number of nitrogens with one attached hydrogen (secondary N) is 1. The van der Waals surface area contributed by atoms with Crippen LogP contribution in [0.3, 0.4) is 0 Å². The van der Waals surface area contributed by atoms with Crippen molar-refractivity contribution in [3.8, 4) is 0 Å².